The fourth-order valence-electron chi connectivity index (χ4n) is 2.45. The van der Waals surface area contributed by atoms with Crippen molar-refractivity contribution in [1.29, 1.82) is 0 Å². The van der Waals surface area contributed by atoms with E-state index in [0.29, 0.717) is 0 Å². The molecule has 0 aliphatic rings. The molecule has 0 spiro atoms. The lowest BCUT2D eigenvalue weighted by molar-refractivity contribution is -0.284. The van der Waals surface area contributed by atoms with Gasteiger partial charge in [0.15, 0.2) is 22.8 Å². The van der Waals surface area contributed by atoms with E-state index in [1.54, 1.807) is 0 Å². The monoisotopic (exact) mass is 320 g/mol. The van der Waals surface area contributed by atoms with Gasteiger partial charge in [0, 0.05) is 6.92 Å². The van der Waals surface area contributed by atoms with Gasteiger partial charge in [0.25, 0.3) is 0 Å². The van der Waals surface area contributed by atoms with E-state index in [9.17, 15) is 39.9 Å². The van der Waals surface area contributed by atoms with Crippen LogP contribution < -0.4 is 0 Å². The number of hydrogen-bond donors (Lipinski definition) is 5. The fraction of sp³-hybridized carbons (Fsp3) is 0.786. The Morgan fingerprint density at radius 3 is 1.45 bits per heavy atom. The molecule has 0 aromatic heterocycles. The quantitative estimate of drug-likeness (QED) is 0.341. The topological polar surface area (TPSA) is 152 Å². The molecule has 5 unspecified atom stereocenters. The molecule has 0 bridgehead atoms. The average Bonchev–Trinajstić information content (AvgIpc) is 2.34. The second-order valence-electron chi connectivity index (χ2n) is 6.10. The highest BCUT2D eigenvalue weighted by Gasteiger charge is 2.68. The normalized spacial score (nSPS) is 24.1. The fourth-order valence-corrected chi connectivity index (χ4v) is 2.45. The number of aliphatic hydroxyl groups excluding tert-OH is 1. The van der Waals surface area contributed by atoms with E-state index < -0.39 is 45.9 Å². The maximum absolute atomic E-state index is 11.8. The molecule has 0 fully saturated rings. The lowest BCUT2D eigenvalue weighted by atomic mass is 9.61. The zero-order valence-electron chi connectivity index (χ0n) is 13.5. The second kappa shape index (κ2) is 5.78. The summed E-state index contributed by atoms with van der Waals surface area (Å²) in [6.07, 6.45) is -1.84. The Morgan fingerprint density at radius 1 is 0.864 bits per heavy atom. The Hall–Kier alpha value is -1.19. The van der Waals surface area contributed by atoms with Crippen molar-refractivity contribution in [2.24, 2.45) is 0 Å². The minimum absolute atomic E-state index is 0.772. The third-order valence-corrected chi connectivity index (χ3v) is 4.54. The Balaban J connectivity index is 6.33. The summed E-state index contributed by atoms with van der Waals surface area (Å²) in [5.41, 5.74) is -11.4. The third-order valence-electron chi connectivity index (χ3n) is 4.54. The molecule has 0 rings (SSSR count). The zero-order chi connectivity index (χ0) is 18.3. The van der Waals surface area contributed by atoms with Crippen molar-refractivity contribution in [1.82, 2.24) is 0 Å². The molecule has 0 aromatic rings. The summed E-state index contributed by atoms with van der Waals surface area (Å²) < 4.78 is 0. The maximum Gasteiger partial charge on any atom is 0.232 e. The highest BCUT2D eigenvalue weighted by atomic mass is 16.4. The number of rotatable bonds is 7. The molecule has 5 atom stereocenters. The van der Waals surface area contributed by atoms with Gasteiger partial charge in [-0.1, -0.05) is 0 Å². The Morgan fingerprint density at radius 2 is 1.23 bits per heavy atom. The van der Waals surface area contributed by atoms with E-state index in [-0.39, 0.29) is 0 Å². The molecule has 0 saturated carbocycles. The average molecular weight is 320 g/mol. The van der Waals surface area contributed by atoms with Gasteiger partial charge in [-0.3, -0.25) is 14.4 Å². The molecule has 0 heterocycles. The van der Waals surface area contributed by atoms with Crippen LogP contribution in [0.25, 0.3) is 0 Å². The minimum Gasteiger partial charge on any atom is -0.390 e. The summed E-state index contributed by atoms with van der Waals surface area (Å²) in [5.74, 6) is -3.61. The van der Waals surface area contributed by atoms with E-state index in [4.69, 9.17) is 0 Å². The molecule has 0 radical (unpaired) electrons. The SMILES string of the molecule is CC(=O)C(=O)C(C)(O)C(C)(O)C(C)(O)C(O)(C(C)=O)C(C)O. The van der Waals surface area contributed by atoms with Crippen molar-refractivity contribution in [3.8, 4) is 0 Å². The smallest absolute Gasteiger partial charge is 0.232 e. The van der Waals surface area contributed by atoms with Gasteiger partial charge in [-0.15, -0.1) is 0 Å². The summed E-state index contributed by atoms with van der Waals surface area (Å²) in [7, 11) is 0. The Bertz CT molecular complexity index is 489. The molecule has 0 amide bonds. The molecular weight excluding hydrogens is 296 g/mol. The Kier molecular flexibility index (Phi) is 5.47. The van der Waals surface area contributed by atoms with Crippen LogP contribution in [0.3, 0.4) is 0 Å². The largest absolute Gasteiger partial charge is 0.390 e. The summed E-state index contributed by atoms with van der Waals surface area (Å²) in [4.78, 5) is 34.7. The van der Waals surface area contributed by atoms with Gasteiger partial charge in [-0.2, -0.15) is 0 Å². The number of carbonyl (C=O) groups is 3. The highest BCUT2D eigenvalue weighted by Crippen LogP contribution is 2.42. The number of aliphatic hydroxyl groups is 5. The standard InChI is InChI=1S/C14H24O8/c1-7(15)10(18)11(4,19)12(5,20)13(6,21)14(22,8(2)16)9(3)17/h8,16,19-22H,1-6H3. The third kappa shape index (κ3) is 2.61. The molecule has 5 N–H and O–H groups in total. The van der Waals surface area contributed by atoms with Crippen molar-refractivity contribution in [3.63, 3.8) is 0 Å². The lowest BCUT2D eigenvalue weighted by Crippen LogP contribution is -2.78. The van der Waals surface area contributed by atoms with E-state index in [2.05, 4.69) is 0 Å². The van der Waals surface area contributed by atoms with E-state index in [1.165, 1.54) is 0 Å². The molecule has 128 valence electrons. The van der Waals surface area contributed by atoms with Gasteiger partial charge in [0.05, 0.1) is 6.10 Å². The maximum atomic E-state index is 11.8. The summed E-state index contributed by atoms with van der Waals surface area (Å²) in [6.45, 7) is 5.04. The zero-order valence-corrected chi connectivity index (χ0v) is 13.5. The highest BCUT2D eigenvalue weighted by molar-refractivity contribution is 6.39. The predicted octanol–water partition coefficient (Wildman–Crippen LogP) is -1.90. The van der Waals surface area contributed by atoms with Gasteiger partial charge >= 0.3 is 0 Å². The van der Waals surface area contributed by atoms with Crippen LogP contribution in [0.15, 0.2) is 0 Å². The van der Waals surface area contributed by atoms with E-state index in [1.807, 2.05) is 0 Å². The molecule has 0 aliphatic carbocycles. The van der Waals surface area contributed by atoms with Crippen LogP contribution in [0.4, 0.5) is 0 Å². The van der Waals surface area contributed by atoms with Crippen molar-refractivity contribution in [2.75, 3.05) is 0 Å². The number of hydrogen-bond acceptors (Lipinski definition) is 8. The first-order valence-corrected chi connectivity index (χ1v) is 6.63. The molecule has 8 nitrogen and oxygen atoms in total. The lowest BCUT2D eigenvalue weighted by Gasteiger charge is -2.53. The molecule has 8 heteroatoms. The van der Waals surface area contributed by atoms with Crippen molar-refractivity contribution in [3.05, 3.63) is 0 Å². The van der Waals surface area contributed by atoms with Gasteiger partial charge in [-0.05, 0) is 34.6 Å². The molecule has 0 aromatic carbocycles. The van der Waals surface area contributed by atoms with Crippen LogP contribution in [-0.2, 0) is 14.4 Å². The van der Waals surface area contributed by atoms with Gasteiger partial charge in [0.2, 0.25) is 5.78 Å². The minimum atomic E-state index is -2.89. The van der Waals surface area contributed by atoms with Crippen LogP contribution in [0.5, 0.6) is 0 Å². The van der Waals surface area contributed by atoms with Crippen LogP contribution in [0, 0.1) is 0 Å². The van der Waals surface area contributed by atoms with E-state index >= 15 is 0 Å². The molecular formula is C14H24O8. The van der Waals surface area contributed by atoms with Crippen molar-refractivity contribution in [2.45, 2.75) is 70.1 Å². The van der Waals surface area contributed by atoms with Crippen LogP contribution in [0.1, 0.15) is 41.5 Å². The van der Waals surface area contributed by atoms with Crippen LogP contribution in [-0.4, -0.2) is 71.4 Å². The van der Waals surface area contributed by atoms with Crippen molar-refractivity contribution < 1.29 is 39.9 Å². The summed E-state index contributed by atoms with van der Waals surface area (Å²) in [5, 5.41) is 51.4. The van der Waals surface area contributed by atoms with Gasteiger partial charge < -0.3 is 25.5 Å². The Labute approximate surface area is 128 Å². The first kappa shape index (κ1) is 20.8. The second-order valence-corrected chi connectivity index (χ2v) is 6.10. The van der Waals surface area contributed by atoms with Gasteiger partial charge in [-0.25, -0.2) is 0 Å². The molecule has 0 saturated heterocycles. The predicted molar refractivity (Wildman–Crippen MR) is 74.9 cm³/mol. The first-order valence-electron chi connectivity index (χ1n) is 6.63. The van der Waals surface area contributed by atoms with Gasteiger partial charge in [0.1, 0.15) is 11.2 Å². The number of Topliss-reactive ketones (excluding diaryl/α,β-unsaturated/α-hetero) is 3. The van der Waals surface area contributed by atoms with Crippen molar-refractivity contribution >= 4 is 17.3 Å². The first-order chi connectivity index (χ1) is 9.49. The van der Waals surface area contributed by atoms with Crippen LogP contribution >= 0.6 is 0 Å². The molecule has 0 aliphatic heterocycles. The molecule has 22 heavy (non-hydrogen) atoms. The number of carbonyl (C=O) groups excluding carboxylic acids is 3. The summed E-state index contributed by atoms with van der Waals surface area (Å²) >= 11 is 0. The summed E-state index contributed by atoms with van der Waals surface area (Å²) in [6, 6.07) is 0. The van der Waals surface area contributed by atoms with Crippen LogP contribution in [0.2, 0.25) is 0 Å². The van der Waals surface area contributed by atoms with E-state index in [0.717, 1.165) is 41.5 Å². The number of ketones is 3.